The van der Waals surface area contributed by atoms with E-state index in [9.17, 15) is 9.18 Å². The molecule has 0 fully saturated rings. The fourth-order valence-electron chi connectivity index (χ4n) is 3.13. The van der Waals surface area contributed by atoms with Crippen molar-refractivity contribution in [1.82, 2.24) is 9.97 Å². The zero-order chi connectivity index (χ0) is 21.4. The fraction of sp³-hybridized carbons (Fsp3) is 0.0952. The molecule has 0 aliphatic carbocycles. The largest absolute Gasteiger partial charge is 0.486 e. The normalized spacial score (nSPS) is 12.5. The molecule has 3 heterocycles. The first-order chi connectivity index (χ1) is 15.0. The number of furan rings is 1. The molecule has 0 unspecified atom stereocenters. The molecule has 4 aromatic rings. The number of anilines is 4. The van der Waals surface area contributed by atoms with E-state index in [-0.39, 0.29) is 17.5 Å². The van der Waals surface area contributed by atoms with Crippen LogP contribution in [0.15, 0.2) is 53.1 Å². The van der Waals surface area contributed by atoms with Crippen LogP contribution in [0.5, 0.6) is 11.5 Å². The second-order valence-corrected chi connectivity index (χ2v) is 6.67. The number of halogens is 1. The maximum atomic E-state index is 14.3. The molecule has 10 heteroatoms. The minimum atomic E-state index is -1.15. The lowest BCUT2D eigenvalue weighted by Crippen LogP contribution is -2.15. The lowest BCUT2D eigenvalue weighted by Gasteiger charge is -2.19. The summed E-state index contributed by atoms with van der Waals surface area (Å²) in [5.74, 6) is -0.606. The van der Waals surface area contributed by atoms with Gasteiger partial charge in [0.15, 0.2) is 23.1 Å². The van der Waals surface area contributed by atoms with Crippen molar-refractivity contribution in [3.05, 3.63) is 60.2 Å². The molecule has 31 heavy (non-hydrogen) atoms. The van der Waals surface area contributed by atoms with Gasteiger partial charge in [-0.15, -0.1) is 0 Å². The Balaban J connectivity index is 1.38. The molecule has 0 saturated heterocycles. The third-order valence-electron chi connectivity index (χ3n) is 4.53. The summed E-state index contributed by atoms with van der Waals surface area (Å²) in [6, 6.07) is 11.6. The van der Waals surface area contributed by atoms with E-state index < -0.39 is 11.8 Å². The second-order valence-electron chi connectivity index (χ2n) is 6.67. The molecule has 1 aliphatic rings. The monoisotopic (exact) mass is 422 g/mol. The smallest absolute Gasteiger partial charge is 0.371 e. The van der Waals surface area contributed by atoms with Crippen molar-refractivity contribution >= 4 is 40.1 Å². The molecule has 0 spiro atoms. The number of carbonyl (C=O) groups is 1. The summed E-state index contributed by atoms with van der Waals surface area (Å²) >= 11 is 0. The maximum Gasteiger partial charge on any atom is 0.371 e. The van der Waals surface area contributed by atoms with E-state index in [2.05, 4.69) is 20.6 Å². The van der Waals surface area contributed by atoms with Gasteiger partial charge in [-0.05, 0) is 36.4 Å². The van der Waals surface area contributed by atoms with Crippen LogP contribution in [0.4, 0.5) is 27.5 Å². The van der Waals surface area contributed by atoms with E-state index >= 15 is 0 Å². The Morgan fingerprint density at radius 1 is 1.00 bits per heavy atom. The minimum absolute atomic E-state index is 0.0215. The highest BCUT2D eigenvalue weighted by Gasteiger charge is 2.14. The van der Waals surface area contributed by atoms with Gasteiger partial charge in [0.05, 0.1) is 6.20 Å². The summed E-state index contributed by atoms with van der Waals surface area (Å²) in [4.78, 5) is 19.2. The van der Waals surface area contributed by atoms with Gasteiger partial charge in [0, 0.05) is 22.8 Å². The standard InChI is InChI=1S/C21H15FN4O5/c22-14-10-23-21(25-12-1-3-15-11(7-12)8-18(31-15)20(27)28)26-19(14)24-13-2-4-16-17(9-13)30-6-5-29-16/h1-4,7-10H,5-6H2,(H,27,28)(H2,23,24,25,26). The number of nitrogens with one attached hydrogen (secondary N) is 2. The van der Waals surface area contributed by atoms with E-state index in [0.29, 0.717) is 47.1 Å². The van der Waals surface area contributed by atoms with Crippen LogP contribution >= 0.6 is 0 Å². The maximum absolute atomic E-state index is 14.3. The highest BCUT2D eigenvalue weighted by atomic mass is 19.1. The van der Waals surface area contributed by atoms with Gasteiger partial charge in [-0.2, -0.15) is 4.98 Å². The number of hydrogen-bond donors (Lipinski definition) is 3. The van der Waals surface area contributed by atoms with Crippen LogP contribution in [-0.4, -0.2) is 34.3 Å². The van der Waals surface area contributed by atoms with Gasteiger partial charge in [-0.25, -0.2) is 14.2 Å². The first kappa shape index (κ1) is 18.7. The van der Waals surface area contributed by atoms with E-state index in [1.807, 2.05) is 0 Å². The summed E-state index contributed by atoms with van der Waals surface area (Å²) < 4.78 is 30.5. The zero-order valence-electron chi connectivity index (χ0n) is 15.9. The van der Waals surface area contributed by atoms with Gasteiger partial charge in [-0.3, -0.25) is 0 Å². The average Bonchev–Trinajstić information content (AvgIpc) is 3.20. The Hall–Kier alpha value is -4.34. The summed E-state index contributed by atoms with van der Waals surface area (Å²) in [6.07, 6.45) is 1.05. The van der Waals surface area contributed by atoms with Crippen LogP contribution in [0.1, 0.15) is 10.6 Å². The zero-order valence-corrected chi connectivity index (χ0v) is 15.9. The van der Waals surface area contributed by atoms with Crippen LogP contribution in [-0.2, 0) is 0 Å². The van der Waals surface area contributed by atoms with Crippen LogP contribution in [0, 0.1) is 5.82 Å². The average molecular weight is 422 g/mol. The SMILES string of the molecule is O=C(O)c1cc2cc(Nc3ncc(F)c(Nc4ccc5c(c4)OCCO5)n3)ccc2o1. The summed E-state index contributed by atoms with van der Waals surface area (Å²) in [7, 11) is 0. The molecule has 0 amide bonds. The van der Waals surface area contributed by atoms with Gasteiger partial charge < -0.3 is 29.6 Å². The van der Waals surface area contributed by atoms with E-state index in [0.717, 1.165) is 6.20 Å². The van der Waals surface area contributed by atoms with Crippen molar-refractivity contribution in [1.29, 1.82) is 0 Å². The van der Waals surface area contributed by atoms with E-state index in [1.54, 1.807) is 36.4 Å². The number of nitrogens with zero attached hydrogens (tertiary/aromatic N) is 2. The van der Waals surface area contributed by atoms with Crippen LogP contribution in [0.25, 0.3) is 11.0 Å². The van der Waals surface area contributed by atoms with Gasteiger partial charge in [0.1, 0.15) is 18.8 Å². The Kier molecular flexibility index (Phi) is 4.51. The second kappa shape index (κ2) is 7.48. The van der Waals surface area contributed by atoms with Crippen molar-refractivity contribution in [2.75, 3.05) is 23.8 Å². The Morgan fingerprint density at radius 2 is 1.77 bits per heavy atom. The van der Waals surface area contributed by atoms with Crippen molar-refractivity contribution in [2.45, 2.75) is 0 Å². The summed E-state index contributed by atoms with van der Waals surface area (Å²) in [5, 5.41) is 15.5. The van der Waals surface area contributed by atoms with Crippen molar-refractivity contribution in [2.24, 2.45) is 0 Å². The van der Waals surface area contributed by atoms with Gasteiger partial charge in [-0.1, -0.05) is 0 Å². The number of benzene rings is 2. The number of carboxylic acids is 1. The molecule has 9 nitrogen and oxygen atoms in total. The first-order valence-electron chi connectivity index (χ1n) is 9.28. The molecule has 2 aromatic heterocycles. The highest BCUT2D eigenvalue weighted by molar-refractivity contribution is 5.92. The van der Waals surface area contributed by atoms with Crippen molar-refractivity contribution in [3.63, 3.8) is 0 Å². The number of rotatable bonds is 5. The summed E-state index contributed by atoms with van der Waals surface area (Å²) in [5.41, 5.74) is 1.60. The third-order valence-corrected chi connectivity index (χ3v) is 4.53. The lowest BCUT2D eigenvalue weighted by molar-refractivity contribution is 0.0665. The molecule has 0 bridgehead atoms. The number of aromatic carboxylic acids is 1. The molecular weight excluding hydrogens is 407 g/mol. The molecule has 0 atom stereocenters. The quantitative estimate of drug-likeness (QED) is 0.432. The Labute approximate surface area is 174 Å². The molecule has 5 rings (SSSR count). The minimum Gasteiger partial charge on any atom is -0.486 e. The molecule has 0 saturated carbocycles. The molecule has 156 valence electrons. The number of ether oxygens (including phenoxy) is 2. The third kappa shape index (κ3) is 3.78. The molecule has 0 radical (unpaired) electrons. The van der Waals surface area contributed by atoms with Gasteiger partial charge in [0.2, 0.25) is 11.7 Å². The first-order valence-corrected chi connectivity index (χ1v) is 9.28. The molecule has 1 aliphatic heterocycles. The Bertz CT molecular complexity index is 1310. The van der Waals surface area contributed by atoms with Crippen LogP contribution < -0.4 is 20.1 Å². The molecule has 3 N–H and O–H groups in total. The topological polar surface area (TPSA) is 119 Å². The lowest BCUT2D eigenvalue weighted by atomic mass is 10.2. The van der Waals surface area contributed by atoms with E-state index in [1.165, 1.54) is 6.07 Å². The number of hydrogen-bond acceptors (Lipinski definition) is 8. The van der Waals surface area contributed by atoms with Gasteiger partial charge >= 0.3 is 5.97 Å². The van der Waals surface area contributed by atoms with Crippen molar-refractivity contribution < 1.29 is 28.2 Å². The van der Waals surface area contributed by atoms with Gasteiger partial charge in [0.25, 0.3) is 0 Å². The van der Waals surface area contributed by atoms with Crippen molar-refractivity contribution in [3.8, 4) is 11.5 Å². The molecular formula is C21H15FN4O5. The summed E-state index contributed by atoms with van der Waals surface area (Å²) in [6.45, 7) is 0.929. The highest BCUT2D eigenvalue weighted by Crippen LogP contribution is 2.34. The van der Waals surface area contributed by atoms with Crippen LogP contribution in [0.2, 0.25) is 0 Å². The number of aromatic nitrogens is 2. The number of fused-ring (bicyclic) bond motifs is 2. The number of carboxylic acid groups (broad SMARTS) is 1. The molecule has 2 aromatic carbocycles. The van der Waals surface area contributed by atoms with E-state index in [4.69, 9.17) is 19.0 Å². The predicted molar refractivity (Wildman–Crippen MR) is 109 cm³/mol. The predicted octanol–water partition coefficient (Wildman–Crippen LogP) is 4.32. The van der Waals surface area contributed by atoms with Crippen LogP contribution in [0.3, 0.4) is 0 Å². The fourth-order valence-corrected chi connectivity index (χ4v) is 3.13. The Morgan fingerprint density at radius 3 is 2.61 bits per heavy atom.